The second-order valence-electron chi connectivity index (χ2n) is 4.11. The molecule has 6 heteroatoms. The Morgan fingerprint density at radius 1 is 1.76 bits per heavy atom. The normalized spacial score (nSPS) is 24.6. The van der Waals surface area contributed by atoms with E-state index in [0.29, 0.717) is 13.2 Å². The van der Waals surface area contributed by atoms with E-state index in [1.165, 1.54) is 0 Å². The molecule has 1 aliphatic rings. The van der Waals surface area contributed by atoms with Crippen molar-refractivity contribution < 1.29 is 9.53 Å². The van der Waals surface area contributed by atoms with Crippen molar-refractivity contribution in [3.05, 3.63) is 16.1 Å². The van der Waals surface area contributed by atoms with Gasteiger partial charge in [0.2, 0.25) is 5.91 Å². The van der Waals surface area contributed by atoms with Gasteiger partial charge in [0.05, 0.1) is 19.3 Å². The molecule has 1 saturated heterocycles. The van der Waals surface area contributed by atoms with Crippen LogP contribution >= 0.6 is 11.3 Å². The lowest BCUT2D eigenvalue weighted by Crippen LogP contribution is -2.55. The van der Waals surface area contributed by atoms with E-state index < -0.39 is 0 Å². The van der Waals surface area contributed by atoms with E-state index >= 15 is 0 Å². The molecule has 1 aromatic rings. The molecule has 0 unspecified atom stereocenters. The zero-order chi connectivity index (χ0) is 12.3. The molecule has 2 heterocycles. The van der Waals surface area contributed by atoms with E-state index in [2.05, 4.69) is 15.6 Å². The van der Waals surface area contributed by atoms with Crippen molar-refractivity contribution in [2.24, 2.45) is 0 Å². The van der Waals surface area contributed by atoms with Crippen LogP contribution < -0.4 is 10.6 Å². The molecule has 0 radical (unpaired) electrons. The van der Waals surface area contributed by atoms with Crippen LogP contribution in [0.25, 0.3) is 0 Å². The average Bonchev–Trinajstić information content (AvgIpc) is 2.73. The summed E-state index contributed by atoms with van der Waals surface area (Å²) in [5, 5.41) is 8.94. The fraction of sp³-hybridized carbons (Fsp3) is 0.636. The molecule has 1 amide bonds. The summed E-state index contributed by atoms with van der Waals surface area (Å²) in [5.74, 6) is -0.0231. The van der Waals surface area contributed by atoms with Gasteiger partial charge in [-0.05, 0) is 13.8 Å². The number of rotatable bonds is 3. The highest BCUT2D eigenvalue weighted by Gasteiger charge is 2.27. The Morgan fingerprint density at radius 3 is 3.24 bits per heavy atom. The van der Waals surface area contributed by atoms with Crippen molar-refractivity contribution in [2.45, 2.75) is 32.5 Å². The number of carbonyl (C=O) groups is 1. The van der Waals surface area contributed by atoms with Crippen LogP contribution in [-0.4, -0.2) is 36.2 Å². The number of aromatic nitrogens is 1. The summed E-state index contributed by atoms with van der Waals surface area (Å²) in [4.78, 5) is 16.2. The van der Waals surface area contributed by atoms with Crippen molar-refractivity contribution in [2.75, 3.05) is 13.2 Å². The standard InChI is InChI=1S/C11H17N3O2S/c1-7-6-17-9(14-7)5-13-11(15)10-8(2)16-4-3-12-10/h6,8,10,12H,3-5H2,1-2H3,(H,13,15)/t8-,10+/m1/s1. The van der Waals surface area contributed by atoms with Crippen molar-refractivity contribution >= 4 is 17.2 Å². The van der Waals surface area contributed by atoms with Gasteiger partial charge in [-0.2, -0.15) is 0 Å². The molecule has 0 spiro atoms. The van der Waals surface area contributed by atoms with Gasteiger partial charge < -0.3 is 15.4 Å². The predicted octanol–water partition coefficient (Wildman–Crippen LogP) is 0.445. The number of morpholine rings is 1. The van der Waals surface area contributed by atoms with Gasteiger partial charge in [-0.1, -0.05) is 0 Å². The first-order valence-electron chi connectivity index (χ1n) is 5.70. The first-order valence-corrected chi connectivity index (χ1v) is 6.58. The molecule has 0 aromatic carbocycles. The Hall–Kier alpha value is -0.980. The van der Waals surface area contributed by atoms with Crippen LogP contribution in [0, 0.1) is 6.92 Å². The summed E-state index contributed by atoms with van der Waals surface area (Å²) in [6.07, 6.45) is -0.0817. The maximum Gasteiger partial charge on any atom is 0.240 e. The maximum atomic E-state index is 11.9. The van der Waals surface area contributed by atoms with E-state index in [1.54, 1.807) is 11.3 Å². The molecular formula is C11H17N3O2S. The predicted molar refractivity (Wildman–Crippen MR) is 65.9 cm³/mol. The first-order chi connectivity index (χ1) is 8.16. The molecule has 2 N–H and O–H groups in total. The second kappa shape index (κ2) is 5.57. The highest BCUT2D eigenvalue weighted by atomic mass is 32.1. The van der Waals surface area contributed by atoms with E-state index in [0.717, 1.165) is 17.2 Å². The number of amides is 1. The maximum absolute atomic E-state index is 11.9. The summed E-state index contributed by atoms with van der Waals surface area (Å²) < 4.78 is 5.43. The minimum Gasteiger partial charge on any atom is -0.375 e. The molecule has 1 aliphatic heterocycles. The molecule has 0 saturated carbocycles. The summed E-state index contributed by atoms with van der Waals surface area (Å²) in [5.41, 5.74) is 0.992. The van der Waals surface area contributed by atoms with Gasteiger partial charge in [0.25, 0.3) is 0 Å². The van der Waals surface area contributed by atoms with Crippen molar-refractivity contribution in [1.82, 2.24) is 15.6 Å². The average molecular weight is 255 g/mol. The Morgan fingerprint density at radius 2 is 2.59 bits per heavy atom. The van der Waals surface area contributed by atoms with Crippen molar-refractivity contribution in [3.63, 3.8) is 0 Å². The summed E-state index contributed by atoms with van der Waals surface area (Å²) in [6.45, 7) is 5.72. The Bertz CT molecular complexity index is 394. The number of nitrogens with one attached hydrogen (secondary N) is 2. The van der Waals surface area contributed by atoms with Gasteiger partial charge >= 0.3 is 0 Å². The van der Waals surface area contributed by atoms with Crippen LogP contribution in [0.3, 0.4) is 0 Å². The largest absolute Gasteiger partial charge is 0.375 e. The van der Waals surface area contributed by atoms with Gasteiger partial charge in [0.15, 0.2) is 0 Å². The van der Waals surface area contributed by atoms with Crippen LogP contribution in [0.5, 0.6) is 0 Å². The molecule has 5 nitrogen and oxygen atoms in total. The number of nitrogens with zero attached hydrogens (tertiary/aromatic N) is 1. The lowest BCUT2D eigenvalue weighted by molar-refractivity contribution is -0.129. The number of thiazole rings is 1. The summed E-state index contributed by atoms with van der Waals surface area (Å²) >= 11 is 1.56. The third-order valence-electron chi connectivity index (χ3n) is 2.68. The number of aryl methyl sites for hydroxylation is 1. The van der Waals surface area contributed by atoms with Gasteiger partial charge in [-0.15, -0.1) is 11.3 Å². The molecule has 94 valence electrons. The van der Waals surface area contributed by atoms with Gasteiger partial charge in [0.1, 0.15) is 11.0 Å². The first kappa shape index (κ1) is 12.5. The molecular weight excluding hydrogens is 238 g/mol. The lowest BCUT2D eigenvalue weighted by atomic mass is 10.1. The lowest BCUT2D eigenvalue weighted by Gasteiger charge is -2.29. The Balaban J connectivity index is 1.84. The SMILES string of the molecule is Cc1csc(CNC(=O)[C@H]2NCCO[C@@H]2C)n1. The molecule has 0 aliphatic carbocycles. The zero-order valence-electron chi connectivity index (χ0n) is 10.0. The third-order valence-corrected chi connectivity index (χ3v) is 3.65. The molecule has 0 bridgehead atoms. The monoisotopic (exact) mass is 255 g/mol. The molecule has 2 rings (SSSR count). The number of hydrogen-bond donors (Lipinski definition) is 2. The fourth-order valence-electron chi connectivity index (χ4n) is 1.78. The zero-order valence-corrected chi connectivity index (χ0v) is 10.8. The molecule has 1 aromatic heterocycles. The van der Waals surface area contributed by atoms with E-state index in [1.807, 2.05) is 19.2 Å². The number of ether oxygens (including phenoxy) is 1. The van der Waals surface area contributed by atoms with Crippen molar-refractivity contribution in [3.8, 4) is 0 Å². The molecule has 2 atom stereocenters. The van der Waals surface area contributed by atoms with E-state index in [4.69, 9.17) is 4.74 Å². The minimum absolute atomic E-state index is 0.0231. The molecule has 17 heavy (non-hydrogen) atoms. The van der Waals surface area contributed by atoms with Crippen LogP contribution in [0.1, 0.15) is 17.6 Å². The van der Waals surface area contributed by atoms with E-state index in [-0.39, 0.29) is 18.1 Å². The number of carbonyl (C=O) groups excluding carboxylic acids is 1. The van der Waals surface area contributed by atoms with Crippen LogP contribution in [0.15, 0.2) is 5.38 Å². The molecule has 1 fully saturated rings. The van der Waals surface area contributed by atoms with Crippen molar-refractivity contribution in [1.29, 1.82) is 0 Å². The van der Waals surface area contributed by atoms with Crippen LogP contribution in [-0.2, 0) is 16.1 Å². The van der Waals surface area contributed by atoms with Crippen LogP contribution in [0.2, 0.25) is 0 Å². The second-order valence-corrected chi connectivity index (χ2v) is 5.05. The highest BCUT2D eigenvalue weighted by Crippen LogP contribution is 2.09. The third kappa shape index (κ3) is 3.24. The van der Waals surface area contributed by atoms with Gasteiger partial charge in [-0.3, -0.25) is 4.79 Å². The van der Waals surface area contributed by atoms with E-state index in [9.17, 15) is 4.79 Å². The fourth-order valence-corrected chi connectivity index (χ4v) is 2.50. The van der Waals surface area contributed by atoms with Gasteiger partial charge in [0, 0.05) is 17.6 Å². The summed E-state index contributed by atoms with van der Waals surface area (Å²) in [6, 6.07) is -0.259. The minimum atomic E-state index is -0.259. The smallest absolute Gasteiger partial charge is 0.240 e. The van der Waals surface area contributed by atoms with Gasteiger partial charge in [-0.25, -0.2) is 4.98 Å². The highest BCUT2D eigenvalue weighted by molar-refractivity contribution is 7.09. The Kier molecular flexibility index (Phi) is 4.09. The topological polar surface area (TPSA) is 63.2 Å². The number of hydrogen-bond acceptors (Lipinski definition) is 5. The summed E-state index contributed by atoms with van der Waals surface area (Å²) in [7, 11) is 0. The quantitative estimate of drug-likeness (QED) is 0.823. The van der Waals surface area contributed by atoms with Crippen LogP contribution in [0.4, 0.5) is 0 Å². The Labute approximate surface area is 105 Å².